The predicted octanol–water partition coefficient (Wildman–Crippen LogP) is 3.98. The Kier molecular flexibility index (Phi) is 5.77. The summed E-state index contributed by atoms with van der Waals surface area (Å²) in [5.74, 6) is -0.628. The molecular weight excluding hydrogens is 472 g/mol. The first-order valence-electron chi connectivity index (χ1n) is 9.49. The van der Waals surface area contributed by atoms with Crippen molar-refractivity contribution in [3.05, 3.63) is 69.0 Å². The zero-order valence-corrected chi connectivity index (χ0v) is 18.3. The van der Waals surface area contributed by atoms with Crippen LogP contribution in [-0.4, -0.2) is 31.7 Å². The second-order valence-corrected chi connectivity index (χ2v) is 9.93. The molecule has 156 valence electrons. The summed E-state index contributed by atoms with van der Waals surface area (Å²) >= 11 is 3.34. The molecule has 1 aromatic heterocycles. The minimum Gasteiger partial charge on any atom is -0.422 e. The van der Waals surface area contributed by atoms with E-state index >= 15 is 0 Å². The van der Waals surface area contributed by atoms with Gasteiger partial charge in [0.05, 0.1) is 4.90 Å². The van der Waals surface area contributed by atoms with Crippen LogP contribution in [0.1, 0.15) is 29.6 Å². The van der Waals surface area contributed by atoms with Gasteiger partial charge in [0.25, 0.3) is 5.91 Å². The summed E-state index contributed by atoms with van der Waals surface area (Å²) in [5, 5.41) is 3.23. The molecule has 0 unspecified atom stereocenters. The second kappa shape index (κ2) is 8.33. The number of sulfonamides is 1. The number of fused-ring (bicyclic) bond motifs is 1. The maximum Gasteiger partial charge on any atom is 0.349 e. The van der Waals surface area contributed by atoms with Gasteiger partial charge < -0.3 is 9.73 Å². The summed E-state index contributed by atoms with van der Waals surface area (Å²) < 4.78 is 32.9. The first-order chi connectivity index (χ1) is 14.3. The van der Waals surface area contributed by atoms with Gasteiger partial charge in [0.1, 0.15) is 11.1 Å². The van der Waals surface area contributed by atoms with E-state index in [0.29, 0.717) is 29.7 Å². The molecule has 0 bridgehead atoms. The molecule has 30 heavy (non-hydrogen) atoms. The fourth-order valence-corrected chi connectivity index (χ4v) is 5.31. The van der Waals surface area contributed by atoms with Gasteiger partial charge in [-0.2, -0.15) is 4.31 Å². The number of nitrogens with zero attached hydrogens (tertiary/aromatic N) is 1. The van der Waals surface area contributed by atoms with Crippen molar-refractivity contribution in [2.24, 2.45) is 0 Å². The molecule has 2 heterocycles. The Hall–Kier alpha value is -2.49. The van der Waals surface area contributed by atoms with Gasteiger partial charge in [-0.15, -0.1) is 0 Å². The molecule has 1 aliphatic rings. The normalized spacial score (nSPS) is 15.2. The molecule has 0 aliphatic carbocycles. The van der Waals surface area contributed by atoms with Crippen molar-refractivity contribution < 1.29 is 17.6 Å². The molecule has 0 saturated carbocycles. The maximum atomic E-state index is 12.7. The Morgan fingerprint density at radius 2 is 1.70 bits per heavy atom. The van der Waals surface area contributed by atoms with Crippen molar-refractivity contribution >= 4 is 48.5 Å². The highest BCUT2D eigenvalue weighted by Gasteiger charge is 2.25. The molecule has 9 heteroatoms. The van der Waals surface area contributed by atoms with E-state index in [2.05, 4.69) is 21.2 Å². The third-order valence-corrected chi connectivity index (χ3v) is 7.41. The van der Waals surface area contributed by atoms with Gasteiger partial charge in [0.2, 0.25) is 10.0 Å². The summed E-state index contributed by atoms with van der Waals surface area (Å²) in [6, 6.07) is 12.5. The number of rotatable bonds is 4. The number of piperidine rings is 1. The number of benzene rings is 2. The van der Waals surface area contributed by atoms with Crippen LogP contribution in [0.2, 0.25) is 0 Å². The Morgan fingerprint density at radius 1 is 1.00 bits per heavy atom. The number of anilines is 1. The first kappa shape index (κ1) is 20.8. The van der Waals surface area contributed by atoms with Crippen LogP contribution in [0, 0.1) is 0 Å². The number of nitrogens with one attached hydrogen (secondary N) is 1. The van der Waals surface area contributed by atoms with Crippen molar-refractivity contribution in [2.75, 3.05) is 18.4 Å². The molecule has 1 fully saturated rings. The van der Waals surface area contributed by atoms with Crippen LogP contribution in [-0.2, 0) is 10.0 Å². The van der Waals surface area contributed by atoms with Gasteiger partial charge in [0, 0.05) is 28.6 Å². The van der Waals surface area contributed by atoms with Crippen LogP contribution >= 0.6 is 15.9 Å². The van der Waals surface area contributed by atoms with E-state index in [-0.39, 0.29) is 10.5 Å². The van der Waals surface area contributed by atoms with Crippen molar-refractivity contribution in [3.63, 3.8) is 0 Å². The highest BCUT2D eigenvalue weighted by molar-refractivity contribution is 9.10. The van der Waals surface area contributed by atoms with E-state index in [1.807, 2.05) is 0 Å². The van der Waals surface area contributed by atoms with Gasteiger partial charge in [0.15, 0.2) is 0 Å². The zero-order valence-electron chi connectivity index (χ0n) is 15.9. The smallest absolute Gasteiger partial charge is 0.349 e. The van der Waals surface area contributed by atoms with Crippen molar-refractivity contribution in [2.45, 2.75) is 24.2 Å². The largest absolute Gasteiger partial charge is 0.422 e. The maximum absolute atomic E-state index is 12.7. The molecule has 1 aliphatic heterocycles. The van der Waals surface area contributed by atoms with E-state index < -0.39 is 21.6 Å². The van der Waals surface area contributed by atoms with Crippen LogP contribution in [0.5, 0.6) is 0 Å². The molecule has 0 radical (unpaired) electrons. The highest BCUT2D eigenvalue weighted by Crippen LogP contribution is 2.23. The number of hydrogen-bond donors (Lipinski definition) is 1. The lowest BCUT2D eigenvalue weighted by Gasteiger charge is -2.25. The third-order valence-electron chi connectivity index (χ3n) is 5.00. The van der Waals surface area contributed by atoms with Gasteiger partial charge in [-0.1, -0.05) is 22.4 Å². The van der Waals surface area contributed by atoms with E-state index in [4.69, 9.17) is 4.42 Å². The lowest BCUT2D eigenvalue weighted by molar-refractivity contribution is 0.102. The molecular formula is C21H19BrN2O5S. The van der Waals surface area contributed by atoms with E-state index in [1.54, 1.807) is 18.2 Å². The Bertz CT molecular complexity index is 1260. The lowest BCUT2D eigenvalue weighted by Crippen LogP contribution is -2.35. The zero-order chi connectivity index (χ0) is 21.3. The highest BCUT2D eigenvalue weighted by atomic mass is 79.9. The molecule has 0 spiro atoms. The number of halogens is 1. The summed E-state index contributed by atoms with van der Waals surface area (Å²) in [7, 11) is -3.54. The summed E-state index contributed by atoms with van der Waals surface area (Å²) in [6.07, 6.45) is 2.76. The second-order valence-electron chi connectivity index (χ2n) is 7.07. The predicted molar refractivity (Wildman–Crippen MR) is 117 cm³/mol. The molecule has 1 saturated heterocycles. The number of carbonyl (C=O) groups excluding carboxylic acids is 1. The van der Waals surface area contributed by atoms with Gasteiger partial charge in [-0.3, -0.25) is 4.79 Å². The van der Waals surface area contributed by atoms with Gasteiger partial charge in [-0.25, -0.2) is 13.2 Å². The minimum absolute atomic E-state index is 0.134. The summed E-state index contributed by atoms with van der Waals surface area (Å²) in [5.41, 5.74) is -0.115. The Morgan fingerprint density at radius 3 is 2.40 bits per heavy atom. The van der Waals surface area contributed by atoms with Crippen molar-refractivity contribution in [1.82, 2.24) is 4.31 Å². The van der Waals surface area contributed by atoms with Crippen LogP contribution < -0.4 is 10.9 Å². The van der Waals surface area contributed by atoms with Crippen molar-refractivity contribution in [1.29, 1.82) is 0 Å². The molecule has 1 amide bonds. The van der Waals surface area contributed by atoms with E-state index in [0.717, 1.165) is 23.7 Å². The lowest BCUT2D eigenvalue weighted by atomic mass is 10.1. The molecule has 4 rings (SSSR count). The summed E-state index contributed by atoms with van der Waals surface area (Å²) in [6.45, 7) is 1.04. The fourth-order valence-electron chi connectivity index (χ4n) is 3.42. The van der Waals surface area contributed by atoms with Crippen LogP contribution in [0.4, 0.5) is 5.69 Å². The molecule has 7 nitrogen and oxygen atoms in total. The molecule has 0 atom stereocenters. The quantitative estimate of drug-likeness (QED) is 0.557. The van der Waals surface area contributed by atoms with Crippen LogP contribution in [0.3, 0.4) is 0 Å². The molecule has 2 aromatic carbocycles. The summed E-state index contributed by atoms with van der Waals surface area (Å²) in [4.78, 5) is 24.9. The Balaban J connectivity index is 1.55. The van der Waals surface area contributed by atoms with Gasteiger partial charge in [-0.05, 0) is 61.4 Å². The molecule has 1 N–H and O–H groups in total. The minimum atomic E-state index is -3.54. The van der Waals surface area contributed by atoms with Crippen molar-refractivity contribution in [3.8, 4) is 0 Å². The number of hydrogen-bond acceptors (Lipinski definition) is 5. The standard InChI is InChI=1S/C21H19BrN2O5S/c22-15-4-9-19-14(12-15)13-18(21(26)29-19)20(25)23-16-5-7-17(8-6-16)30(27,28)24-10-2-1-3-11-24/h4-9,12-13H,1-3,10-11H2,(H,23,25). The average molecular weight is 491 g/mol. The number of carbonyl (C=O) groups is 1. The molecule has 3 aromatic rings. The van der Waals surface area contributed by atoms with Crippen LogP contribution in [0.25, 0.3) is 11.0 Å². The number of amides is 1. The van der Waals surface area contributed by atoms with Crippen LogP contribution in [0.15, 0.2) is 67.1 Å². The fraction of sp³-hybridized carbons (Fsp3) is 0.238. The SMILES string of the molecule is O=C(Nc1ccc(S(=O)(=O)N2CCCCC2)cc1)c1cc2cc(Br)ccc2oc1=O. The van der Waals surface area contributed by atoms with E-state index in [9.17, 15) is 18.0 Å². The average Bonchev–Trinajstić information content (AvgIpc) is 2.74. The monoisotopic (exact) mass is 490 g/mol. The first-order valence-corrected chi connectivity index (χ1v) is 11.7. The third kappa shape index (κ3) is 4.19. The van der Waals surface area contributed by atoms with Gasteiger partial charge >= 0.3 is 5.63 Å². The van der Waals surface area contributed by atoms with E-state index in [1.165, 1.54) is 34.6 Å². The Labute approximate surface area is 181 Å². The topological polar surface area (TPSA) is 96.7 Å².